The van der Waals surface area contributed by atoms with Crippen LogP contribution in [0.5, 0.6) is 0 Å². The molecule has 81 heavy (non-hydrogen) atoms. The van der Waals surface area contributed by atoms with E-state index in [0.29, 0.717) is 6.42 Å². The number of rotatable bonds is 68. The second-order valence-corrected chi connectivity index (χ2v) is 25.6. The van der Waals surface area contributed by atoms with Gasteiger partial charge in [0.2, 0.25) is 0 Å². The van der Waals surface area contributed by atoms with Gasteiger partial charge in [-0.1, -0.05) is 326 Å². The minimum Gasteiger partial charge on any atom is -0.462 e. The summed E-state index contributed by atoms with van der Waals surface area (Å²) < 4.78 is 33.2. The quantitative estimate of drug-likeness (QED) is 0.0264. The van der Waals surface area contributed by atoms with Crippen LogP contribution in [0.25, 0.3) is 0 Å². The molecule has 0 amide bonds. The fourth-order valence-electron chi connectivity index (χ4n) is 10.7. The van der Waals surface area contributed by atoms with Crippen molar-refractivity contribution in [3.8, 4) is 0 Å². The Morgan fingerprint density at radius 1 is 0.370 bits per heavy atom. The predicted octanol–water partition coefficient (Wildman–Crippen LogP) is 23.1. The van der Waals surface area contributed by atoms with Crippen LogP contribution < -0.4 is 5.73 Å². The van der Waals surface area contributed by atoms with Gasteiger partial charge >= 0.3 is 19.8 Å². The molecule has 0 saturated heterocycles. The Morgan fingerprint density at radius 3 is 0.951 bits per heavy atom. The Bertz CT molecular complexity index is 1420. The minimum atomic E-state index is -4.39. The third-order valence-corrected chi connectivity index (χ3v) is 17.0. The first kappa shape index (κ1) is 79.2. The van der Waals surface area contributed by atoms with Crippen molar-refractivity contribution >= 4 is 19.8 Å². The van der Waals surface area contributed by atoms with Gasteiger partial charge in [-0.15, -0.1) is 0 Å². The predicted molar refractivity (Wildman–Crippen MR) is 349 cm³/mol. The first-order valence-electron chi connectivity index (χ1n) is 35.5. The van der Waals surface area contributed by atoms with E-state index in [-0.39, 0.29) is 38.6 Å². The van der Waals surface area contributed by atoms with Crippen LogP contribution in [-0.2, 0) is 32.7 Å². The zero-order valence-corrected chi connectivity index (χ0v) is 54.7. The zero-order valence-electron chi connectivity index (χ0n) is 53.8. The molecule has 10 heteroatoms. The number of ether oxygens (including phenoxy) is 2. The van der Waals surface area contributed by atoms with Crippen molar-refractivity contribution in [2.24, 2.45) is 5.73 Å². The molecule has 0 saturated carbocycles. The van der Waals surface area contributed by atoms with E-state index in [1.165, 1.54) is 295 Å². The maximum Gasteiger partial charge on any atom is 0.472 e. The largest absolute Gasteiger partial charge is 0.472 e. The molecule has 0 aliphatic carbocycles. The van der Waals surface area contributed by atoms with Crippen molar-refractivity contribution in [2.45, 2.75) is 380 Å². The van der Waals surface area contributed by atoms with Crippen LogP contribution in [0.3, 0.4) is 0 Å². The van der Waals surface area contributed by atoms with Crippen LogP contribution in [0.15, 0.2) is 36.5 Å². The number of esters is 2. The molecule has 0 fully saturated rings. The molecular weight excluding hydrogens is 1030 g/mol. The molecule has 3 N–H and O–H groups in total. The summed E-state index contributed by atoms with van der Waals surface area (Å²) in [6.07, 6.45) is 83.9. The summed E-state index contributed by atoms with van der Waals surface area (Å²) in [5.74, 6) is -0.808. The smallest absolute Gasteiger partial charge is 0.462 e. The molecule has 0 aliphatic heterocycles. The summed E-state index contributed by atoms with van der Waals surface area (Å²) in [5.41, 5.74) is 5.40. The van der Waals surface area contributed by atoms with Gasteiger partial charge in [0.1, 0.15) is 6.61 Å². The van der Waals surface area contributed by atoms with Crippen LogP contribution in [0, 0.1) is 0 Å². The number of allylic oxidation sites excluding steroid dienone is 6. The summed E-state index contributed by atoms with van der Waals surface area (Å²) in [6.45, 7) is 3.80. The Hall–Kier alpha value is -1.77. The van der Waals surface area contributed by atoms with Gasteiger partial charge in [0.05, 0.1) is 13.2 Å². The molecule has 0 aliphatic rings. The fourth-order valence-corrected chi connectivity index (χ4v) is 11.5. The number of phosphoric acid groups is 1. The first-order valence-corrected chi connectivity index (χ1v) is 37.0. The summed E-state index contributed by atoms with van der Waals surface area (Å²) in [4.78, 5) is 35.3. The SMILES string of the molecule is CCCCCCC/C=C\C/C=C\CCCCCCCCCCCCCCCC(=O)OC(COC(=O)CCCCCCCCCCCCCCCCCCCCCCCCC/C=C\CCCCCCCCCC)COP(=O)(O)OCCN. The van der Waals surface area contributed by atoms with E-state index in [1.807, 2.05) is 0 Å². The molecule has 0 aromatic rings. The highest BCUT2D eigenvalue weighted by atomic mass is 31.2. The highest BCUT2D eigenvalue weighted by Crippen LogP contribution is 2.43. The van der Waals surface area contributed by atoms with Crippen molar-refractivity contribution in [3.63, 3.8) is 0 Å². The van der Waals surface area contributed by atoms with Crippen molar-refractivity contribution in [1.82, 2.24) is 0 Å². The maximum absolute atomic E-state index is 12.8. The topological polar surface area (TPSA) is 134 Å². The number of hydrogen-bond donors (Lipinski definition) is 2. The normalized spacial score (nSPS) is 13.1. The lowest BCUT2D eigenvalue weighted by Crippen LogP contribution is -2.29. The standard InChI is InChI=1S/C71H136NO8P/c1-3-5-7-9-11-13-15-17-19-21-23-25-27-29-30-31-32-33-34-35-36-37-38-40-41-43-45-47-49-51-53-55-57-59-61-63-70(73)77-67-69(68-79-81(75,76)78-66-65-72)80-71(74)64-62-60-58-56-54-52-50-48-46-44-42-39-28-26-24-22-20-18-16-14-12-10-8-6-4-2/h16,18,21-24,69H,3-15,17,19-20,25-68,72H2,1-2H3,(H,75,76)/b18-16-,23-21-,24-22-. The molecule has 0 aromatic carbocycles. The number of carbonyl (C=O) groups is 2. The van der Waals surface area contributed by atoms with Crippen molar-refractivity contribution in [3.05, 3.63) is 36.5 Å². The van der Waals surface area contributed by atoms with Gasteiger partial charge in [-0.25, -0.2) is 4.57 Å². The molecule has 0 radical (unpaired) electrons. The number of carbonyl (C=O) groups excluding carboxylic acids is 2. The van der Waals surface area contributed by atoms with E-state index in [2.05, 4.69) is 50.3 Å². The summed E-state index contributed by atoms with van der Waals surface area (Å²) in [5, 5.41) is 0. The second kappa shape index (κ2) is 67.4. The molecule has 9 nitrogen and oxygen atoms in total. The summed E-state index contributed by atoms with van der Waals surface area (Å²) in [7, 11) is -4.39. The fraction of sp³-hybridized carbons (Fsp3) is 0.887. The van der Waals surface area contributed by atoms with E-state index in [0.717, 1.165) is 44.9 Å². The van der Waals surface area contributed by atoms with Crippen molar-refractivity contribution in [2.75, 3.05) is 26.4 Å². The van der Waals surface area contributed by atoms with E-state index in [4.69, 9.17) is 24.3 Å². The third-order valence-electron chi connectivity index (χ3n) is 16.0. The molecule has 2 unspecified atom stereocenters. The first-order chi connectivity index (χ1) is 39.8. The Labute approximate surface area is 503 Å². The van der Waals surface area contributed by atoms with Crippen LogP contribution in [0.1, 0.15) is 373 Å². The van der Waals surface area contributed by atoms with Gasteiger partial charge in [0.15, 0.2) is 6.10 Å². The number of nitrogens with two attached hydrogens (primary N) is 1. The van der Waals surface area contributed by atoms with Gasteiger partial charge in [0.25, 0.3) is 0 Å². The zero-order chi connectivity index (χ0) is 58.7. The number of unbranched alkanes of at least 4 members (excludes halogenated alkanes) is 49. The van der Waals surface area contributed by atoms with E-state index in [1.54, 1.807) is 0 Å². The molecule has 0 aromatic heterocycles. The Balaban J connectivity index is 3.80. The lowest BCUT2D eigenvalue weighted by molar-refractivity contribution is -0.161. The van der Waals surface area contributed by atoms with Crippen LogP contribution in [0.2, 0.25) is 0 Å². The number of phosphoric ester groups is 1. The third kappa shape index (κ3) is 67.2. The monoisotopic (exact) mass is 1160 g/mol. The summed E-state index contributed by atoms with van der Waals surface area (Å²) >= 11 is 0. The molecule has 0 rings (SSSR count). The Kier molecular flexibility index (Phi) is 65.9. The van der Waals surface area contributed by atoms with Gasteiger partial charge in [-0.05, 0) is 70.6 Å². The molecular formula is C71H136NO8P. The van der Waals surface area contributed by atoms with E-state index < -0.39 is 26.5 Å². The van der Waals surface area contributed by atoms with Crippen molar-refractivity contribution in [1.29, 1.82) is 0 Å². The lowest BCUT2D eigenvalue weighted by atomic mass is 10.0. The number of hydrogen-bond acceptors (Lipinski definition) is 8. The van der Waals surface area contributed by atoms with Gasteiger partial charge in [0, 0.05) is 19.4 Å². The molecule has 2 atom stereocenters. The minimum absolute atomic E-state index is 0.0553. The highest BCUT2D eigenvalue weighted by molar-refractivity contribution is 7.47. The highest BCUT2D eigenvalue weighted by Gasteiger charge is 2.26. The lowest BCUT2D eigenvalue weighted by Gasteiger charge is -2.19. The van der Waals surface area contributed by atoms with E-state index >= 15 is 0 Å². The van der Waals surface area contributed by atoms with Gasteiger partial charge in [-0.3, -0.25) is 18.6 Å². The molecule has 0 spiro atoms. The molecule has 0 bridgehead atoms. The van der Waals surface area contributed by atoms with E-state index in [9.17, 15) is 19.0 Å². The van der Waals surface area contributed by atoms with Crippen LogP contribution >= 0.6 is 7.82 Å². The van der Waals surface area contributed by atoms with Crippen LogP contribution in [-0.4, -0.2) is 49.3 Å². The molecule has 478 valence electrons. The maximum atomic E-state index is 12.8. The average Bonchev–Trinajstić information content (AvgIpc) is 3.46. The summed E-state index contributed by atoms with van der Waals surface area (Å²) in [6, 6.07) is 0. The Morgan fingerprint density at radius 2 is 0.642 bits per heavy atom. The average molecular weight is 1160 g/mol. The second-order valence-electron chi connectivity index (χ2n) is 24.1. The molecule has 0 heterocycles. The van der Waals surface area contributed by atoms with Crippen LogP contribution in [0.4, 0.5) is 0 Å². The van der Waals surface area contributed by atoms with Crippen molar-refractivity contribution < 1.29 is 37.6 Å². The van der Waals surface area contributed by atoms with Gasteiger partial charge in [-0.2, -0.15) is 0 Å². The van der Waals surface area contributed by atoms with Gasteiger partial charge < -0.3 is 20.1 Å².